The molecule has 6 heterocycles. The van der Waals surface area contributed by atoms with E-state index in [1.165, 1.54) is 0 Å². The summed E-state index contributed by atoms with van der Waals surface area (Å²) < 4.78 is 12.6. The highest BCUT2D eigenvalue weighted by Gasteiger charge is 2.20. The Balaban J connectivity index is 1.20. The zero-order valence-electron chi connectivity index (χ0n) is 24.8. The zero-order chi connectivity index (χ0) is 30.6. The molecule has 0 atom stereocenters. The molecule has 0 unspecified atom stereocenters. The number of aryl methyl sites for hydroxylation is 1. The van der Waals surface area contributed by atoms with Gasteiger partial charge < -0.3 is 8.83 Å². The Hall–Kier alpha value is -6.34. The van der Waals surface area contributed by atoms with Gasteiger partial charge in [0.2, 0.25) is 5.71 Å². The summed E-state index contributed by atoms with van der Waals surface area (Å²) in [7, 11) is 0. The SMILES string of the molecule is Cc1ccc2c(n1)oc1c(-c3cccc(N(c4ccccc4)c4cccc(-c5cccc6c5oc5ccncc56)n4)n3)cccc12. The first-order chi connectivity index (χ1) is 22.7. The molecule has 9 rings (SSSR count). The Labute approximate surface area is 263 Å². The first kappa shape index (κ1) is 26.1. The highest BCUT2D eigenvalue weighted by Crippen LogP contribution is 2.39. The van der Waals surface area contributed by atoms with E-state index in [2.05, 4.69) is 45.2 Å². The normalized spacial score (nSPS) is 11.6. The molecule has 218 valence electrons. The molecule has 0 saturated carbocycles. The van der Waals surface area contributed by atoms with Gasteiger partial charge in [-0.3, -0.25) is 9.88 Å². The van der Waals surface area contributed by atoms with Crippen molar-refractivity contribution in [1.29, 1.82) is 0 Å². The molecule has 0 bridgehead atoms. The van der Waals surface area contributed by atoms with Crippen LogP contribution in [-0.2, 0) is 0 Å². The van der Waals surface area contributed by atoms with Crippen molar-refractivity contribution in [3.63, 3.8) is 0 Å². The quantitative estimate of drug-likeness (QED) is 0.196. The van der Waals surface area contributed by atoms with Crippen LogP contribution in [0.2, 0.25) is 0 Å². The topological polar surface area (TPSA) is 81.1 Å². The van der Waals surface area contributed by atoms with Gasteiger partial charge in [-0.15, -0.1) is 0 Å². The number of para-hydroxylation sites is 3. The molecule has 0 N–H and O–H groups in total. The van der Waals surface area contributed by atoms with E-state index in [9.17, 15) is 0 Å². The van der Waals surface area contributed by atoms with Gasteiger partial charge in [-0.05, 0) is 73.7 Å². The van der Waals surface area contributed by atoms with Gasteiger partial charge in [-0.2, -0.15) is 0 Å². The summed E-state index contributed by atoms with van der Waals surface area (Å²) in [6.45, 7) is 1.97. The van der Waals surface area contributed by atoms with Gasteiger partial charge in [0.15, 0.2) is 0 Å². The summed E-state index contributed by atoms with van der Waals surface area (Å²) in [5, 5.41) is 3.98. The molecule has 7 nitrogen and oxygen atoms in total. The predicted molar refractivity (Wildman–Crippen MR) is 182 cm³/mol. The van der Waals surface area contributed by atoms with Crippen molar-refractivity contribution in [3.8, 4) is 22.5 Å². The van der Waals surface area contributed by atoms with Crippen molar-refractivity contribution in [2.45, 2.75) is 6.92 Å². The summed E-state index contributed by atoms with van der Waals surface area (Å²) >= 11 is 0. The van der Waals surface area contributed by atoms with Crippen LogP contribution in [0.1, 0.15) is 5.69 Å². The molecule has 46 heavy (non-hydrogen) atoms. The Morgan fingerprint density at radius 2 is 1.17 bits per heavy atom. The van der Waals surface area contributed by atoms with E-state index in [4.69, 9.17) is 18.8 Å². The Bertz CT molecular complexity index is 2570. The average molecular weight is 596 g/mol. The first-order valence-electron chi connectivity index (χ1n) is 15.1. The molecule has 7 heteroatoms. The lowest BCUT2D eigenvalue weighted by atomic mass is 10.1. The lowest BCUT2D eigenvalue weighted by Gasteiger charge is -2.24. The number of furan rings is 2. The number of fused-ring (bicyclic) bond motifs is 6. The number of anilines is 3. The van der Waals surface area contributed by atoms with E-state index in [0.717, 1.165) is 83.8 Å². The van der Waals surface area contributed by atoms with Crippen LogP contribution in [0.4, 0.5) is 17.3 Å². The fraction of sp³-hybridized carbons (Fsp3) is 0.0256. The minimum absolute atomic E-state index is 0.626. The second kappa shape index (κ2) is 10.4. The van der Waals surface area contributed by atoms with Crippen LogP contribution in [-0.4, -0.2) is 19.9 Å². The molecule has 9 aromatic rings. The third kappa shape index (κ3) is 4.21. The van der Waals surface area contributed by atoms with Gasteiger partial charge in [0.05, 0.1) is 11.4 Å². The van der Waals surface area contributed by atoms with Crippen LogP contribution in [0.25, 0.3) is 66.5 Å². The largest absolute Gasteiger partial charge is 0.455 e. The molecule has 0 fully saturated rings. The Morgan fingerprint density at radius 3 is 1.89 bits per heavy atom. The average Bonchev–Trinajstić information content (AvgIpc) is 3.67. The summed E-state index contributed by atoms with van der Waals surface area (Å²) in [5.74, 6) is 1.45. The highest BCUT2D eigenvalue weighted by atomic mass is 16.3. The predicted octanol–water partition coefficient (Wildman–Crippen LogP) is 10.2. The van der Waals surface area contributed by atoms with Crippen LogP contribution in [0.5, 0.6) is 0 Å². The zero-order valence-corrected chi connectivity index (χ0v) is 24.8. The number of hydrogen-bond donors (Lipinski definition) is 0. The molecule has 6 aromatic heterocycles. The number of pyridine rings is 4. The van der Waals surface area contributed by atoms with Crippen molar-refractivity contribution < 1.29 is 8.83 Å². The monoisotopic (exact) mass is 595 g/mol. The lowest BCUT2D eigenvalue weighted by molar-refractivity contribution is 0.653. The van der Waals surface area contributed by atoms with Gasteiger partial charge in [-0.25, -0.2) is 15.0 Å². The van der Waals surface area contributed by atoms with Gasteiger partial charge in [-0.1, -0.05) is 54.6 Å². The maximum atomic E-state index is 6.32. The van der Waals surface area contributed by atoms with Crippen molar-refractivity contribution in [2.24, 2.45) is 0 Å². The Kier molecular flexibility index (Phi) is 5.89. The minimum Gasteiger partial charge on any atom is -0.455 e. The van der Waals surface area contributed by atoms with E-state index in [1.54, 1.807) is 6.20 Å². The molecular formula is C39H25N5O2. The molecule has 0 radical (unpaired) electrons. The third-order valence-corrected chi connectivity index (χ3v) is 8.30. The van der Waals surface area contributed by atoms with Crippen molar-refractivity contribution in [1.82, 2.24) is 19.9 Å². The smallest absolute Gasteiger partial charge is 0.227 e. The maximum Gasteiger partial charge on any atom is 0.227 e. The lowest BCUT2D eigenvalue weighted by Crippen LogP contribution is -2.13. The van der Waals surface area contributed by atoms with Crippen molar-refractivity contribution in [2.75, 3.05) is 4.90 Å². The summed E-state index contributed by atoms with van der Waals surface area (Å²) in [4.78, 5) is 21.4. The molecular weight excluding hydrogens is 570 g/mol. The molecule has 0 aliphatic carbocycles. The summed E-state index contributed by atoms with van der Waals surface area (Å²) in [5.41, 5.74) is 8.21. The number of hydrogen-bond acceptors (Lipinski definition) is 7. The van der Waals surface area contributed by atoms with Crippen LogP contribution in [0.3, 0.4) is 0 Å². The second-order valence-electron chi connectivity index (χ2n) is 11.2. The van der Waals surface area contributed by atoms with E-state index in [-0.39, 0.29) is 0 Å². The molecule has 3 aromatic carbocycles. The summed E-state index contributed by atoms with van der Waals surface area (Å²) in [6, 6.07) is 40.5. The van der Waals surface area contributed by atoms with Crippen LogP contribution < -0.4 is 4.90 Å². The fourth-order valence-electron chi connectivity index (χ4n) is 6.17. The van der Waals surface area contributed by atoms with Crippen molar-refractivity contribution in [3.05, 3.63) is 139 Å². The van der Waals surface area contributed by atoms with E-state index < -0.39 is 0 Å². The fourth-order valence-corrected chi connectivity index (χ4v) is 6.17. The summed E-state index contributed by atoms with van der Waals surface area (Å²) in [6.07, 6.45) is 3.59. The van der Waals surface area contributed by atoms with Crippen LogP contribution in [0.15, 0.2) is 143 Å². The standard InChI is InChI=1S/C39H25N5O2/c1-24-19-20-28-26-11-5-14-30(38(26)46-39(28)41-24)33-16-8-18-36(43-33)44(25-9-3-2-4-10-25)35-17-7-15-32(42-35)29-13-6-12-27-31-23-40-22-21-34(31)45-37(27)29/h2-23H,1H3. The number of nitrogens with zero attached hydrogens (tertiary/aromatic N) is 5. The Morgan fingerprint density at radius 1 is 0.522 bits per heavy atom. The van der Waals surface area contributed by atoms with Crippen molar-refractivity contribution >= 4 is 61.3 Å². The van der Waals surface area contributed by atoms with E-state index >= 15 is 0 Å². The highest BCUT2D eigenvalue weighted by molar-refractivity contribution is 6.09. The molecule has 0 aliphatic rings. The number of rotatable bonds is 5. The van der Waals surface area contributed by atoms with E-state index in [1.807, 2.05) is 104 Å². The molecule has 0 amide bonds. The van der Waals surface area contributed by atoms with Gasteiger partial charge in [0, 0.05) is 56.4 Å². The number of aromatic nitrogens is 4. The molecule has 0 spiro atoms. The second-order valence-corrected chi connectivity index (χ2v) is 11.2. The van der Waals surface area contributed by atoms with Crippen LogP contribution >= 0.6 is 0 Å². The van der Waals surface area contributed by atoms with Gasteiger partial charge in [0.1, 0.15) is 28.4 Å². The van der Waals surface area contributed by atoms with Gasteiger partial charge in [0.25, 0.3) is 0 Å². The van der Waals surface area contributed by atoms with Gasteiger partial charge >= 0.3 is 0 Å². The number of benzene rings is 3. The van der Waals surface area contributed by atoms with E-state index in [0.29, 0.717) is 5.71 Å². The van der Waals surface area contributed by atoms with Crippen LogP contribution in [0, 0.1) is 6.92 Å². The first-order valence-corrected chi connectivity index (χ1v) is 15.1. The minimum atomic E-state index is 0.626. The third-order valence-electron chi connectivity index (χ3n) is 8.30. The molecule has 0 saturated heterocycles. The molecule has 0 aliphatic heterocycles. The maximum absolute atomic E-state index is 6.32.